The van der Waals surface area contributed by atoms with Gasteiger partial charge in [-0.15, -0.1) is 0 Å². The molecule has 0 atom stereocenters. The zero-order valence-corrected chi connectivity index (χ0v) is 17.3. The van der Waals surface area contributed by atoms with Crippen LogP contribution >= 0.6 is 47.2 Å². The largest absolute Gasteiger partial charge is 0.489 e. The molecule has 26 heavy (non-hydrogen) atoms. The fourth-order valence-electron chi connectivity index (χ4n) is 2.08. The molecule has 0 heterocycles. The molecule has 2 aromatic rings. The number of anilines is 1. The molecule has 0 radical (unpaired) electrons. The zero-order valence-electron chi connectivity index (χ0n) is 14.1. The summed E-state index contributed by atoms with van der Waals surface area (Å²) >= 11 is 19.4. The Morgan fingerprint density at radius 1 is 1.19 bits per heavy atom. The maximum Gasteiger partial charge on any atom is 0.170 e. The van der Waals surface area contributed by atoms with E-state index in [1.165, 1.54) is 0 Å². The smallest absolute Gasteiger partial charge is 0.170 e. The van der Waals surface area contributed by atoms with Crippen LogP contribution in [0.3, 0.4) is 0 Å². The zero-order chi connectivity index (χ0) is 18.8. The highest BCUT2D eigenvalue weighted by Gasteiger charge is 2.05. The van der Waals surface area contributed by atoms with Crippen LogP contribution in [-0.2, 0) is 5.75 Å². The van der Waals surface area contributed by atoms with E-state index >= 15 is 0 Å². The Balaban J connectivity index is 1.70. The lowest BCUT2D eigenvalue weighted by atomic mass is 10.2. The van der Waals surface area contributed by atoms with Crippen LogP contribution < -0.4 is 15.4 Å². The maximum absolute atomic E-state index is 6.17. The van der Waals surface area contributed by atoms with Gasteiger partial charge in [0.05, 0.1) is 0 Å². The summed E-state index contributed by atoms with van der Waals surface area (Å²) in [6, 6.07) is 13.2. The Kier molecular flexibility index (Phi) is 9.12. The van der Waals surface area contributed by atoms with Gasteiger partial charge in [-0.3, -0.25) is 0 Å². The molecule has 7 heteroatoms. The van der Waals surface area contributed by atoms with Crippen LogP contribution in [0, 0.1) is 0 Å². The number of ether oxygens (including phenoxy) is 1. The summed E-state index contributed by atoms with van der Waals surface area (Å²) in [5.41, 5.74) is 1.84. The van der Waals surface area contributed by atoms with Crippen molar-refractivity contribution in [3.05, 3.63) is 70.7 Å². The molecule has 0 fully saturated rings. The average molecular weight is 427 g/mol. The van der Waals surface area contributed by atoms with Crippen molar-refractivity contribution in [1.29, 1.82) is 0 Å². The van der Waals surface area contributed by atoms with Gasteiger partial charge in [-0.1, -0.05) is 48.0 Å². The second kappa shape index (κ2) is 11.3. The molecule has 2 aromatic carbocycles. The van der Waals surface area contributed by atoms with Crippen molar-refractivity contribution in [3.8, 4) is 5.75 Å². The molecule has 0 amide bonds. The van der Waals surface area contributed by atoms with Gasteiger partial charge in [0.2, 0.25) is 0 Å². The van der Waals surface area contributed by atoms with Crippen LogP contribution in [-0.4, -0.2) is 24.0 Å². The van der Waals surface area contributed by atoms with Gasteiger partial charge >= 0.3 is 0 Å². The lowest BCUT2D eigenvalue weighted by Gasteiger charge is -2.12. The Morgan fingerprint density at radius 2 is 1.92 bits per heavy atom. The number of hydrogen-bond acceptors (Lipinski definition) is 3. The summed E-state index contributed by atoms with van der Waals surface area (Å²) in [5.74, 6) is 2.42. The van der Waals surface area contributed by atoms with E-state index in [0.717, 1.165) is 35.1 Å². The van der Waals surface area contributed by atoms with Crippen molar-refractivity contribution in [1.82, 2.24) is 5.32 Å². The minimum Gasteiger partial charge on any atom is -0.489 e. The Bertz CT molecular complexity index is 736. The number of halogens is 2. The highest BCUT2D eigenvalue weighted by Crippen LogP contribution is 2.28. The lowest BCUT2D eigenvalue weighted by molar-refractivity contribution is 0.363. The molecule has 138 valence electrons. The second-order valence-electron chi connectivity index (χ2n) is 5.26. The molecule has 0 saturated carbocycles. The van der Waals surface area contributed by atoms with Gasteiger partial charge in [0.15, 0.2) is 5.11 Å². The van der Waals surface area contributed by atoms with Gasteiger partial charge in [0.25, 0.3) is 0 Å². The highest BCUT2D eigenvalue weighted by molar-refractivity contribution is 7.98. The fraction of sp³-hybridized carbons (Fsp3) is 0.211. The van der Waals surface area contributed by atoms with Crippen LogP contribution in [0.15, 0.2) is 55.1 Å². The van der Waals surface area contributed by atoms with Crippen molar-refractivity contribution in [3.63, 3.8) is 0 Å². The summed E-state index contributed by atoms with van der Waals surface area (Å²) in [6.07, 6.45) is 1.71. The number of hydrogen-bond donors (Lipinski definition) is 2. The molecule has 0 aliphatic carbocycles. The number of thioether (sulfide) groups is 1. The van der Waals surface area contributed by atoms with Crippen LogP contribution in [0.4, 0.5) is 5.69 Å². The van der Waals surface area contributed by atoms with Gasteiger partial charge in [-0.25, -0.2) is 0 Å². The third-order valence-corrected chi connectivity index (χ3v) is 5.24. The molecule has 3 nitrogen and oxygen atoms in total. The predicted octanol–water partition coefficient (Wildman–Crippen LogP) is 5.78. The quantitative estimate of drug-likeness (QED) is 0.301. The first-order valence-corrected chi connectivity index (χ1v) is 10.3. The number of benzene rings is 2. The lowest BCUT2D eigenvalue weighted by Crippen LogP contribution is -2.30. The van der Waals surface area contributed by atoms with E-state index < -0.39 is 0 Å². The minimum absolute atomic E-state index is 0.471. The number of nitrogens with one attached hydrogen (secondary N) is 2. The Hall–Kier alpha value is -1.40. The third kappa shape index (κ3) is 7.08. The number of thiocarbonyl (C=S) groups is 1. The van der Waals surface area contributed by atoms with Crippen LogP contribution in [0.2, 0.25) is 10.0 Å². The summed E-state index contributed by atoms with van der Waals surface area (Å²) in [5, 5.41) is 8.31. The van der Waals surface area contributed by atoms with E-state index in [0.29, 0.717) is 21.8 Å². The van der Waals surface area contributed by atoms with E-state index in [2.05, 4.69) is 17.2 Å². The van der Waals surface area contributed by atoms with E-state index in [1.807, 2.05) is 42.5 Å². The second-order valence-corrected chi connectivity index (χ2v) is 7.59. The molecule has 0 saturated heterocycles. The topological polar surface area (TPSA) is 33.3 Å². The molecule has 0 bridgehead atoms. The molecular weight excluding hydrogens is 407 g/mol. The predicted molar refractivity (Wildman–Crippen MR) is 119 cm³/mol. The minimum atomic E-state index is 0.471. The van der Waals surface area contributed by atoms with Crippen LogP contribution in [0.5, 0.6) is 5.75 Å². The van der Waals surface area contributed by atoms with E-state index in [-0.39, 0.29) is 0 Å². The summed E-state index contributed by atoms with van der Waals surface area (Å²) in [4.78, 5) is 0. The molecule has 0 spiro atoms. The molecule has 2 N–H and O–H groups in total. The number of rotatable bonds is 9. The monoisotopic (exact) mass is 426 g/mol. The summed E-state index contributed by atoms with van der Waals surface area (Å²) < 4.78 is 5.51. The van der Waals surface area contributed by atoms with E-state index in [4.69, 9.17) is 40.2 Å². The Labute approximate surface area is 174 Å². The van der Waals surface area contributed by atoms with Gasteiger partial charge in [-0.05, 0) is 42.0 Å². The standard InChI is InChI=1S/C19H20Cl2N2OS2/c1-2-10-24-15-6-3-5-14(12-15)23-19(25)22-9-11-26-13-16-17(20)7-4-8-18(16)21/h2-8,12H,1,9-11,13H2,(H2,22,23,25). The first-order valence-electron chi connectivity index (χ1n) is 7.99. The van der Waals surface area contributed by atoms with Crippen molar-refractivity contribution >= 4 is 58.0 Å². The van der Waals surface area contributed by atoms with E-state index in [1.54, 1.807) is 17.8 Å². The maximum atomic E-state index is 6.17. The first-order chi connectivity index (χ1) is 12.6. The molecule has 2 rings (SSSR count). The molecule has 0 aromatic heterocycles. The van der Waals surface area contributed by atoms with Crippen LogP contribution in [0.25, 0.3) is 0 Å². The normalized spacial score (nSPS) is 10.2. The first kappa shape index (κ1) is 20.9. The van der Waals surface area contributed by atoms with Gasteiger partial charge < -0.3 is 15.4 Å². The SMILES string of the molecule is C=CCOc1cccc(NC(=S)NCCSCc2c(Cl)cccc2Cl)c1. The third-order valence-electron chi connectivity index (χ3n) is 3.30. The van der Waals surface area contributed by atoms with Gasteiger partial charge in [0.1, 0.15) is 12.4 Å². The van der Waals surface area contributed by atoms with E-state index in [9.17, 15) is 0 Å². The molecule has 0 unspecified atom stereocenters. The summed E-state index contributed by atoms with van der Waals surface area (Å²) in [6.45, 7) is 4.85. The Morgan fingerprint density at radius 3 is 2.65 bits per heavy atom. The highest BCUT2D eigenvalue weighted by atomic mass is 35.5. The fourth-order valence-corrected chi connectivity index (χ4v) is 3.89. The van der Waals surface area contributed by atoms with Crippen molar-refractivity contribution in [2.24, 2.45) is 0 Å². The average Bonchev–Trinajstić information content (AvgIpc) is 2.62. The van der Waals surface area contributed by atoms with Crippen LogP contribution in [0.1, 0.15) is 5.56 Å². The van der Waals surface area contributed by atoms with Crippen molar-refractivity contribution in [2.45, 2.75) is 5.75 Å². The molecule has 0 aliphatic heterocycles. The molecule has 0 aliphatic rings. The van der Waals surface area contributed by atoms with Crippen molar-refractivity contribution < 1.29 is 4.74 Å². The summed E-state index contributed by atoms with van der Waals surface area (Å²) in [7, 11) is 0. The molecular formula is C19H20Cl2N2OS2. The van der Waals surface area contributed by atoms with Crippen molar-refractivity contribution in [2.75, 3.05) is 24.2 Å². The van der Waals surface area contributed by atoms with Gasteiger partial charge in [-0.2, -0.15) is 11.8 Å². The van der Waals surface area contributed by atoms with Gasteiger partial charge in [0, 0.05) is 39.8 Å².